The Balaban J connectivity index is 1.94. The standard InChI is InChI=1S/C11H14ClN5O/c1-8-9(6-16-2-4-18-5-3-16)10(12)17-11(15-8)13-7-14-17/h7H,2-6H2,1H3. The zero-order valence-electron chi connectivity index (χ0n) is 10.1. The summed E-state index contributed by atoms with van der Waals surface area (Å²) in [6.45, 7) is 6.12. The first-order valence-corrected chi connectivity index (χ1v) is 6.28. The van der Waals surface area contributed by atoms with Crippen molar-refractivity contribution >= 4 is 17.4 Å². The highest BCUT2D eigenvalue weighted by Crippen LogP contribution is 2.21. The van der Waals surface area contributed by atoms with E-state index in [1.165, 1.54) is 6.33 Å². The summed E-state index contributed by atoms with van der Waals surface area (Å²) < 4.78 is 6.91. The SMILES string of the molecule is Cc1nc2ncnn2c(Cl)c1CN1CCOCC1. The van der Waals surface area contributed by atoms with Crippen LogP contribution in [-0.2, 0) is 11.3 Å². The molecule has 0 spiro atoms. The minimum atomic E-state index is 0.545. The molecule has 1 saturated heterocycles. The maximum atomic E-state index is 6.37. The summed E-state index contributed by atoms with van der Waals surface area (Å²) in [5, 5.41) is 4.68. The van der Waals surface area contributed by atoms with E-state index in [1.54, 1.807) is 4.52 Å². The summed E-state index contributed by atoms with van der Waals surface area (Å²) in [5.41, 5.74) is 1.92. The van der Waals surface area contributed by atoms with Crippen LogP contribution in [0.1, 0.15) is 11.3 Å². The normalized spacial score (nSPS) is 17.4. The van der Waals surface area contributed by atoms with Crippen LogP contribution in [0.15, 0.2) is 6.33 Å². The number of morpholine rings is 1. The monoisotopic (exact) mass is 267 g/mol. The van der Waals surface area contributed by atoms with Gasteiger partial charge in [-0.3, -0.25) is 4.90 Å². The minimum absolute atomic E-state index is 0.545. The van der Waals surface area contributed by atoms with Crippen molar-refractivity contribution in [3.8, 4) is 0 Å². The Labute approximate surface area is 110 Å². The van der Waals surface area contributed by atoms with Gasteiger partial charge in [0.05, 0.1) is 13.2 Å². The van der Waals surface area contributed by atoms with Gasteiger partial charge in [-0.2, -0.15) is 14.6 Å². The van der Waals surface area contributed by atoms with Gasteiger partial charge >= 0.3 is 0 Å². The average molecular weight is 268 g/mol. The fraction of sp³-hybridized carbons (Fsp3) is 0.545. The van der Waals surface area contributed by atoms with Gasteiger partial charge in [0.1, 0.15) is 11.5 Å². The maximum Gasteiger partial charge on any atom is 0.253 e. The van der Waals surface area contributed by atoms with Crippen molar-refractivity contribution in [1.82, 2.24) is 24.5 Å². The lowest BCUT2D eigenvalue weighted by atomic mass is 10.2. The Morgan fingerprint density at radius 1 is 1.39 bits per heavy atom. The zero-order valence-corrected chi connectivity index (χ0v) is 10.9. The summed E-state index contributed by atoms with van der Waals surface area (Å²) in [5.74, 6) is 0.545. The van der Waals surface area contributed by atoms with E-state index in [0.29, 0.717) is 10.9 Å². The molecule has 7 heteroatoms. The van der Waals surface area contributed by atoms with Crippen LogP contribution in [0.3, 0.4) is 0 Å². The third-order valence-electron chi connectivity index (χ3n) is 3.15. The molecule has 0 bridgehead atoms. The van der Waals surface area contributed by atoms with E-state index >= 15 is 0 Å². The molecule has 0 aromatic carbocycles. The number of aromatic nitrogens is 4. The molecule has 0 radical (unpaired) electrons. The first-order chi connectivity index (χ1) is 8.75. The van der Waals surface area contributed by atoms with Crippen molar-refractivity contribution in [3.63, 3.8) is 0 Å². The van der Waals surface area contributed by atoms with Crippen molar-refractivity contribution < 1.29 is 4.74 Å². The Bertz CT molecular complexity index is 564. The molecule has 2 aromatic rings. The van der Waals surface area contributed by atoms with E-state index < -0.39 is 0 Å². The molecular weight excluding hydrogens is 254 g/mol. The van der Waals surface area contributed by atoms with E-state index in [2.05, 4.69) is 20.0 Å². The molecule has 0 unspecified atom stereocenters. The summed E-state index contributed by atoms with van der Waals surface area (Å²) in [6, 6.07) is 0. The van der Waals surface area contributed by atoms with Crippen LogP contribution in [0.25, 0.3) is 5.78 Å². The van der Waals surface area contributed by atoms with Crippen LogP contribution in [-0.4, -0.2) is 50.8 Å². The number of hydrogen-bond donors (Lipinski definition) is 0. The summed E-state index contributed by atoms with van der Waals surface area (Å²) >= 11 is 6.37. The topological polar surface area (TPSA) is 55.5 Å². The molecule has 3 rings (SSSR count). The zero-order chi connectivity index (χ0) is 12.5. The van der Waals surface area contributed by atoms with E-state index in [0.717, 1.165) is 44.1 Å². The molecule has 2 aromatic heterocycles. The molecule has 18 heavy (non-hydrogen) atoms. The highest BCUT2D eigenvalue weighted by atomic mass is 35.5. The lowest BCUT2D eigenvalue weighted by Crippen LogP contribution is -2.36. The van der Waals surface area contributed by atoms with Crippen LogP contribution >= 0.6 is 11.6 Å². The van der Waals surface area contributed by atoms with E-state index in [-0.39, 0.29) is 0 Å². The van der Waals surface area contributed by atoms with Crippen LogP contribution in [0, 0.1) is 6.92 Å². The van der Waals surface area contributed by atoms with E-state index in [4.69, 9.17) is 16.3 Å². The molecule has 3 heterocycles. The molecule has 0 N–H and O–H groups in total. The van der Waals surface area contributed by atoms with Crippen LogP contribution in [0.4, 0.5) is 0 Å². The molecule has 1 fully saturated rings. The van der Waals surface area contributed by atoms with Gasteiger partial charge in [-0.05, 0) is 6.92 Å². The number of aryl methyl sites for hydroxylation is 1. The summed E-state index contributed by atoms with van der Waals surface area (Å²) in [4.78, 5) is 10.8. The highest BCUT2D eigenvalue weighted by Gasteiger charge is 2.17. The van der Waals surface area contributed by atoms with Gasteiger partial charge in [-0.15, -0.1) is 0 Å². The quantitative estimate of drug-likeness (QED) is 0.758. The Morgan fingerprint density at radius 2 is 2.17 bits per heavy atom. The molecule has 96 valence electrons. The van der Waals surface area contributed by atoms with Gasteiger partial charge in [-0.25, -0.2) is 4.98 Å². The van der Waals surface area contributed by atoms with Gasteiger partial charge in [0.25, 0.3) is 5.78 Å². The second kappa shape index (κ2) is 4.79. The minimum Gasteiger partial charge on any atom is -0.379 e. The average Bonchev–Trinajstić information content (AvgIpc) is 2.84. The second-order valence-electron chi connectivity index (χ2n) is 4.33. The molecule has 0 atom stereocenters. The molecule has 0 aliphatic carbocycles. The Morgan fingerprint density at radius 3 is 2.94 bits per heavy atom. The van der Waals surface area contributed by atoms with Gasteiger partial charge in [0, 0.05) is 30.9 Å². The van der Waals surface area contributed by atoms with Crippen molar-refractivity contribution in [3.05, 3.63) is 22.7 Å². The second-order valence-corrected chi connectivity index (χ2v) is 4.68. The predicted molar refractivity (Wildman–Crippen MR) is 66.6 cm³/mol. The fourth-order valence-electron chi connectivity index (χ4n) is 2.11. The first kappa shape index (κ1) is 11.8. The van der Waals surface area contributed by atoms with Crippen molar-refractivity contribution in [2.45, 2.75) is 13.5 Å². The van der Waals surface area contributed by atoms with Gasteiger partial charge in [-0.1, -0.05) is 11.6 Å². The summed E-state index contributed by atoms with van der Waals surface area (Å²) in [7, 11) is 0. The van der Waals surface area contributed by atoms with Crippen molar-refractivity contribution in [2.75, 3.05) is 26.3 Å². The molecule has 0 amide bonds. The van der Waals surface area contributed by atoms with Gasteiger partial charge < -0.3 is 4.74 Å². The highest BCUT2D eigenvalue weighted by molar-refractivity contribution is 6.30. The fourth-order valence-corrected chi connectivity index (χ4v) is 2.42. The van der Waals surface area contributed by atoms with Gasteiger partial charge in [0.15, 0.2) is 0 Å². The maximum absolute atomic E-state index is 6.37. The van der Waals surface area contributed by atoms with Crippen LogP contribution in [0.5, 0.6) is 0 Å². The smallest absolute Gasteiger partial charge is 0.253 e. The Hall–Kier alpha value is -1.24. The Kier molecular flexibility index (Phi) is 3.15. The van der Waals surface area contributed by atoms with Crippen LogP contribution in [0.2, 0.25) is 5.15 Å². The van der Waals surface area contributed by atoms with E-state index in [9.17, 15) is 0 Å². The van der Waals surface area contributed by atoms with Crippen LogP contribution < -0.4 is 0 Å². The molecule has 1 aliphatic heterocycles. The molecule has 1 aliphatic rings. The molecule has 6 nitrogen and oxygen atoms in total. The number of fused-ring (bicyclic) bond motifs is 1. The number of hydrogen-bond acceptors (Lipinski definition) is 5. The first-order valence-electron chi connectivity index (χ1n) is 5.90. The lowest BCUT2D eigenvalue weighted by Gasteiger charge is -2.27. The van der Waals surface area contributed by atoms with E-state index in [1.807, 2.05) is 6.92 Å². The third-order valence-corrected chi connectivity index (χ3v) is 3.54. The molecular formula is C11H14ClN5O. The number of rotatable bonds is 2. The summed E-state index contributed by atoms with van der Waals surface area (Å²) in [6.07, 6.45) is 1.46. The third kappa shape index (κ3) is 2.07. The largest absolute Gasteiger partial charge is 0.379 e. The van der Waals surface area contributed by atoms with Gasteiger partial charge in [0.2, 0.25) is 0 Å². The number of nitrogens with zero attached hydrogens (tertiary/aromatic N) is 5. The number of ether oxygens (including phenoxy) is 1. The van der Waals surface area contributed by atoms with Crippen molar-refractivity contribution in [1.29, 1.82) is 0 Å². The number of halogens is 1. The predicted octanol–water partition coefficient (Wildman–Crippen LogP) is 0.918. The molecule has 0 saturated carbocycles. The lowest BCUT2D eigenvalue weighted by molar-refractivity contribution is 0.0340. The van der Waals surface area contributed by atoms with Crippen molar-refractivity contribution in [2.24, 2.45) is 0 Å².